The molecule has 0 amide bonds. The van der Waals surface area contributed by atoms with Gasteiger partial charge in [-0.3, -0.25) is 0 Å². The summed E-state index contributed by atoms with van der Waals surface area (Å²) < 4.78 is 49.3. The minimum absolute atomic E-state index is 0.278. The predicted octanol–water partition coefficient (Wildman–Crippen LogP) is 3.12. The molecule has 0 heterocycles. The Kier molecular flexibility index (Phi) is 3.83. The maximum atomic E-state index is 12.5. The molecule has 0 saturated heterocycles. The molecule has 0 aromatic heterocycles. The summed E-state index contributed by atoms with van der Waals surface area (Å²) in [6.45, 7) is 2.30. The molecular weight excluding hydrogens is 160 g/mol. The largest absolute Gasteiger partial charge is 0.281 e. The summed E-state index contributed by atoms with van der Waals surface area (Å²) in [5.74, 6) is -3.51. The predicted molar refractivity (Wildman–Crippen MR) is 35.3 cm³/mol. The summed E-state index contributed by atoms with van der Waals surface area (Å²) in [6, 6.07) is 0. The fraction of sp³-hybridized carbons (Fsp3) is 1.00. The van der Waals surface area contributed by atoms with Crippen molar-refractivity contribution in [2.24, 2.45) is 0 Å². The Balaban J connectivity index is 3.98. The van der Waals surface area contributed by atoms with Crippen LogP contribution in [0, 0.1) is 0 Å². The van der Waals surface area contributed by atoms with Gasteiger partial charge < -0.3 is 0 Å². The molecular formula is C7H12F4. The van der Waals surface area contributed by atoms with Crippen molar-refractivity contribution in [2.75, 3.05) is 0 Å². The molecule has 0 spiro atoms. The van der Waals surface area contributed by atoms with E-state index in [-0.39, 0.29) is 6.42 Å². The van der Waals surface area contributed by atoms with Gasteiger partial charge in [-0.05, 0) is 13.3 Å². The highest BCUT2D eigenvalue weighted by Crippen LogP contribution is 2.29. The molecule has 0 aliphatic heterocycles. The third kappa shape index (κ3) is 3.58. The van der Waals surface area contributed by atoms with Crippen molar-refractivity contribution >= 4 is 0 Å². The summed E-state index contributed by atoms with van der Waals surface area (Å²) in [4.78, 5) is 0. The molecule has 2 atom stereocenters. The van der Waals surface area contributed by atoms with E-state index in [2.05, 4.69) is 0 Å². The minimum Gasteiger partial charge on any atom is -0.248 e. The summed E-state index contributed by atoms with van der Waals surface area (Å²) in [6.07, 6.45) is -5.18. The summed E-state index contributed by atoms with van der Waals surface area (Å²) in [5, 5.41) is 0. The van der Waals surface area contributed by atoms with Crippen LogP contribution in [-0.4, -0.2) is 18.3 Å². The Morgan fingerprint density at radius 3 is 2.00 bits per heavy atom. The summed E-state index contributed by atoms with van der Waals surface area (Å²) in [7, 11) is 0. The average Bonchev–Trinajstić information content (AvgIpc) is 1.83. The first-order valence-corrected chi connectivity index (χ1v) is 3.56. The van der Waals surface area contributed by atoms with Gasteiger partial charge in [0.15, 0.2) is 6.17 Å². The molecule has 1 unspecified atom stereocenters. The lowest BCUT2D eigenvalue weighted by Crippen LogP contribution is -2.31. The lowest BCUT2D eigenvalue weighted by Gasteiger charge is -2.19. The zero-order chi connectivity index (χ0) is 9.07. The van der Waals surface area contributed by atoms with E-state index in [0.29, 0.717) is 0 Å². The molecule has 0 N–H and O–H groups in total. The highest BCUT2D eigenvalue weighted by Gasteiger charge is 2.40. The van der Waals surface area contributed by atoms with Crippen molar-refractivity contribution in [1.29, 1.82) is 0 Å². The van der Waals surface area contributed by atoms with Crippen LogP contribution in [0.3, 0.4) is 0 Å². The smallest absolute Gasteiger partial charge is 0.248 e. The Labute approximate surface area is 63.6 Å². The molecule has 0 aliphatic rings. The van der Waals surface area contributed by atoms with Crippen molar-refractivity contribution in [3.05, 3.63) is 0 Å². The number of hydrogen-bond donors (Lipinski definition) is 0. The number of alkyl halides is 4. The molecule has 4 heteroatoms. The van der Waals surface area contributed by atoms with E-state index in [1.165, 1.54) is 6.92 Å². The quantitative estimate of drug-likeness (QED) is 0.571. The Morgan fingerprint density at radius 2 is 1.73 bits per heavy atom. The second kappa shape index (κ2) is 3.93. The van der Waals surface area contributed by atoms with Gasteiger partial charge in [0.05, 0.1) is 0 Å². The van der Waals surface area contributed by atoms with Gasteiger partial charge in [-0.15, -0.1) is 0 Å². The van der Waals surface area contributed by atoms with Gasteiger partial charge in [-0.25, -0.2) is 17.6 Å². The number of halogens is 4. The van der Waals surface area contributed by atoms with Crippen LogP contribution in [-0.2, 0) is 0 Å². The third-order valence-electron chi connectivity index (χ3n) is 1.37. The van der Waals surface area contributed by atoms with E-state index in [1.807, 2.05) is 0 Å². The van der Waals surface area contributed by atoms with Crippen molar-refractivity contribution in [1.82, 2.24) is 0 Å². The third-order valence-corrected chi connectivity index (χ3v) is 1.37. The second-order valence-electron chi connectivity index (χ2n) is 2.62. The van der Waals surface area contributed by atoms with Crippen LogP contribution in [0.4, 0.5) is 17.6 Å². The van der Waals surface area contributed by atoms with Gasteiger partial charge in [0.25, 0.3) is 5.92 Å². The topological polar surface area (TPSA) is 0 Å². The van der Waals surface area contributed by atoms with Gasteiger partial charge in [0, 0.05) is 6.42 Å². The van der Waals surface area contributed by atoms with Gasteiger partial charge >= 0.3 is 0 Å². The molecule has 0 aromatic rings. The zero-order valence-electron chi connectivity index (χ0n) is 6.58. The van der Waals surface area contributed by atoms with Crippen molar-refractivity contribution < 1.29 is 17.6 Å². The van der Waals surface area contributed by atoms with E-state index < -0.39 is 24.7 Å². The standard InChI is InChI=1S/C7H12F4/c1-3-6(9)7(10,11)4-5(2)8/h5-6H,3-4H2,1-2H3/t5?,6-/m0/s1. The normalized spacial score (nSPS) is 18.0. The minimum atomic E-state index is -3.51. The van der Waals surface area contributed by atoms with Crippen LogP contribution < -0.4 is 0 Å². The maximum Gasteiger partial charge on any atom is 0.281 e. The van der Waals surface area contributed by atoms with E-state index in [0.717, 1.165) is 6.92 Å². The first-order valence-electron chi connectivity index (χ1n) is 3.56. The molecule has 11 heavy (non-hydrogen) atoms. The summed E-state index contributed by atoms with van der Waals surface area (Å²) in [5.41, 5.74) is 0. The molecule has 0 rings (SSSR count). The van der Waals surface area contributed by atoms with Crippen LogP contribution >= 0.6 is 0 Å². The second-order valence-corrected chi connectivity index (χ2v) is 2.62. The van der Waals surface area contributed by atoms with Crippen molar-refractivity contribution in [3.8, 4) is 0 Å². The Hall–Kier alpha value is -0.280. The molecule has 0 aliphatic carbocycles. The molecule has 0 saturated carbocycles. The van der Waals surface area contributed by atoms with Crippen LogP contribution in [0.15, 0.2) is 0 Å². The highest BCUT2D eigenvalue weighted by molar-refractivity contribution is 4.77. The van der Waals surface area contributed by atoms with Crippen LogP contribution in [0.5, 0.6) is 0 Å². The van der Waals surface area contributed by atoms with E-state index in [1.54, 1.807) is 0 Å². The van der Waals surface area contributed by atoms with E-state index >= 15 is 0 Å². The first-order chi connectivity index (χ1) is 4.90. The Morgan fingerprint density at radius 1 is 1.27 bits per heavy atom. The van der Waals surface area contributed by atoms with E-state index in [9.17, 15) is 17.6 Å². The first kappa shape index (κ1) is 10.7. The van der Waals surface area contributed by atoms with Crippen LogP contribution in [0.1, 0.15) is 26.7 Å². The maximum absolute atomic E-state index is 12.5. The monoisotopic (exact) mass is 172 g/mol. The van der Waals surface area contributed by atoms with Gasteiger partial charge in [0.2, 0.25) is 0 Å². The van der Waals surface area contributed by atoms with Crippen molar-refractivity contribution in [2.45, 2.75) is 45.0 Å². The average molecular weight is 172 g/mol. The highest BCUT2D eigenvalue weighted by atomic mass is 19.3. The van der Waals surface area contributed by atoms with Gasteiger partial charge in [-0.2, -0.15) is 0 Å². The van der Waals surface area contributed by atoms with E-state index in [4.69, 9.17) is 0 Å². The zero-order valence-corrected chi connectivity index (χ0v) is 6.58. The Bertz CT molecular complexity index is 111. The molecule has 0 aromatic carbocycles. The number of hydrogen-bond acceptors (Lipinski definition) is 0. The van der Waals surface area contributed by atoms with Gasteiger partial charge in [0.1, 0.15) is 6.17 Å². The van der Waals surface area contributed by atoms with Gasteiger partial charge in [-0.1, -0.05) is 6.92 Å². The molecule has 68 valence electrons. The number of rotatable bonds is 4. The molecule has 0 radical (unpaired) electrons. The summed E-state index contributed by atoms with van der Waals surface area (Å²) >= 11 is 0. The lowest BCUT2D eigenvalue weighted by atomic mass is 10.1. The molecule has 0 nitrogen and oxygen atoms in total. The fourth-order valence-corrected chi connectivity index (χ4v) is 0.802. The van der Waals surface area contributed by atoms with Crippen molar-refractivity contribution in [3.63, 3.8) is 0 Å². The SMILES string of the molecule is CC[C@H](F)C(F)(F)CC(C)F. The van der Waals surface area contributed by atoms with Crippen LogP contribution in [0.2, 0.25) is 0 Å². The lowest BCUT2D eigenvalue weighted by molar-refractivity contribution is -0.0910. The fourth-order valence-electron chi connectivity index (χ4n) is 0.802. The van der Waals surface area contributed by atoms with Crippen LogP contribution in [0.25, 0.3) is 0 Å². The molecule has 0 fully saturated rings. The molecule has 0 bridgehead atoms.